The van der Waals surface area contributed by atoms with Gasteiger partial charge in [-0.3, -0.25) is 37.3 Å². The first kappa shape index (κ1) is 92.1. The zero-order valence-corrected chi connectivity index (χ0v) is 62.7. The average Bonchev–Trinajstić information content (AvgIpc) is 1.74. The van der Waals surface area contributed by atoms with E-state index in [1.54, 1.807) is 0 Å². The Balaban J connectivity index is 5.10. The smallest absolute Gasteiger partial charge is 0.462 e. The van der Waals surface area contributed by atoms with Crippen molar-refractivity contribution in [3.8, 4) is 0 Å². The maximum Gasteiger partial charge on any atom is 0.472 e. The Morgan fingerprint density at radius 1 is 0.255 bits per heavy atom. The molecule has 0 fully saturated rings. The molecular formula is C75H146O17P2. The summed E-state index contributed by atoms with van der Waals surface area (Å²) in [5.41, 5.74) is 0. The molecule has 558 valence electrons. The zero-order valence-electron chi connectivity index (χ0n) is 60.9. The van der Waals surface area contributed by atoms with E-state index in [4.69, 9.17) is 37.0 Å². The van der Waals surface area contributed by atoms with Crippen molar-refractivity contribution in [1.82, 2.24) is 0 Å². The third-order valence-corrected chi connectivity index (χ3v) is 19.5. The summed E-state index contributed by atoms with van der Waals surface area (Å²) in [6.45, 7) is 4.89. The van der Waals surface area contributed by atoms with Crippen LogP contribution in [-0.2, 0) is 65.4 Å². The second-order valence-corrected chi connectivity index (χ2v) is 29.9. The molecule has 0 aromatic carbocycles. The van der Waals surface area contributed by atoms with Crippen molar-refractivity contribution in [2.75, 3.05) is 39.6 Å². The van der Waals surface area contributed by atoms with Crippen LogP contribution in [-0.4, -0.2) is 96.7 Å². The van der Waals surface area contributed by atoms with Crippen LogP contribution in [0.1, 0.15) is 400 Å². The summed E-state index contributed by atoms with van der Waals surface area (Å²) in [7, 11) is -9.90. The van der Waals surface area contributed by atoms with Gasteiger partial charge in [-0.2, -0.15) is 0 Å². The van der Waals surface area contributed by atoms with Gasteiger partial charge in [-0.05, 0) is 25.7 Å². The Kier molecular flexibility index (Phi) is 68.1. The minimum Gasteiger partial charge on any atom is -0.462 e. The summed E-state index contributed by atoms with van der Waals surface area (Å²) in [6, 6.07) is 0. The van der Waals surface area contributed by atoms with Crippen LogP contribution in [0.4, 0.5) is 0 Å². The van der Waals surface area contributed by atoms with Crippen molar-refractivity contribution >= 4 is 39.5 Å². The molecule has 0 bridgehead atoms. The van der Waals surface area contributed by atoms with Gasteiger partial charge in [0.2, 0.25) is 0 Å². The second kappa shape index (κ2) is 69.5. The number of hydrogen-bond acceptors (Lipinski definition) is 15. The standard InChI is InChI=1S/C75H146O17P2/c1-5-9-13-17-20-23-26-29-31-32-33-34-35-36-37-38-41-44-47-50-54-58-62-75(80)92-71(66-86-73(78)60-56-52-48-45-42-40-30-27-24-21-18-14-10-6-2)68-90-94(83,84)88-64-69(76)63-87-93(81,82)89-67-70(65-85-72(77)59-55-51-16-12-8-4)91-74(79)61-57-53-49-46-43-39-28-25-22-19-15-11-7-3/h69-71,76H,5-68H2,1-4H3,(H,81,82)(H,83,84)/t69-,70+,71+/m0/s1. The van der Waals surface area contributed by atoms with Crippen LogP contribution >= 0.6 is 15.6 Å². The van der Waals surface area contributed by atoms with Crippen molar-refractivity contribution in [3.05, 3.63) is 0 Å². The number of phosphoric acid groups is 2. The number of aliphatic hydroxyl groups is 1. The number of rotatable bonds is 76. The number of hydrogen-bond donors (Lipinski definition) is 3. The topological polar surface area (TPSA) is 237 Å². The molecule has 2 unspecified atom stereocenters. The summed E-state index contributed by atoms with van der Waals surface area (Å²) in [6.07, 6.45) is 60.1. The van der Waals surface area contributed by atoms with E-state index >= 15 is 0 Å². The van der Waals surface area contributed by atoms with E-state index in [-0.39, 0.29) is 25.7 Å². The number of phosphoric ester groups is 2. The van der Waals surface area contributed by atoms with Gasteiger partial charge in [-0.1, -0.05) is 349 Å². The summed E-state index contributed by atoms with van der Waals surface area (Å²) in [4.78, 5) is 72.4. The summed E-state index contributed by atoms with van der Waals surface area (Å²) < 4.78 is 68.2. The molecule has 0 spiro atoms. The summed E-state index contributed by atoms with van der Waals surface area (Å²) in [5.74, 6) is -2.13. The van der Waals surface area contributed by atoms with Gasteiger partial charge in [0, 0.05) is 25.7 Å². The lowest BCUT2D eigenvalue weighted by Crippen LogP contribution is -2.30. The van der Waals surface area contributed by atoms with E-state index in [2.05, 4.69) is 27.7 Å². The van der Waals surface area contributed by atoms with E-state index < -0.39 is 97.5 Å². The largest absolute Gasteiger partial charge is 0.472 e. The van der Waals surface area contributed by atoms with Crippen LogP contribution in [0.25, 0.3) is 0 Å². The molecule has 0 saturated carbocycles. The summed E-state index contributed by atoms with van der Waals surface area (Å²) in [5, 5.41) is 10.6. The maximum atomic E-state index is 13.1. The predicted octanol–water partition coefficient (Wildman–Crippen LogP) is 22.2. The van der Waals surface area contributed by atoms with Crippen LogP contribution in [0.3, 0.4) is 0 Å². The highest BCUT2D eigenvalue weighted by Gasteiger charge is 2.30. The first-order chi connectivity index (χ1) is 45.7. The van der Waals surface area contributed by atoms with Gasteiger partial charge in [0.05, 0.1) is 26.4 Å². The molecule has 3 N–H and O–H groups in total. The first-order valence-electron chi connectivity index (χ1n) is 39.3. The van der Waals surface area contributed by atoms with Crippen molar-refractivity contribution < 1.29 is 80.2 Å². The van der Waals surface area contributed by atoms with E-state index in [9.17, 15) is 43.2 Å². The highest BCUT2D eigenvalue weighted by molar-refractivity contribution is 7.47. The molecule has 94 heavy (non-hydrogen) atoms. The van der Waals surface area contributed by atoms with Crippen LogP contribution in [0.15, 0.2) is 0 Å². The Morgan fingerprint density at radius 2 is 0.426 bits per heavy atom. The van der Waals surface area contributed by atoms with E-state index in [0.29, 0.717) is 25.7 Å². The Hall–Kier alpha value is -1.94. The molecule has 0 aliphatic carbocycles. The fraction of sp³-hybridized carbons (Fsp3) is 0.947. The maximum absolute atomic E-state index is 13.1. The molecule has 0 radical (unpaired) electrons. The van der Waals surface area contributed by atoms with E-state index in [1.807, 2.05) is 0 Å². The SMILES string of the molecule is CCCCCCCCCCCCCCCCCCCCCCCCC(=O)O[C@H](COC(=O)CCCCCCCCCCCCCCCC)COP(=O)(O)OC[C@@H](O)COP(=O)(O)OC[C@@H](COC(=O)CCCCCCC)OC(=O)CCCCCCCCCCCCCCC. The highest BCUT2D eigenvalue weighted by atomic mass is 31.2. The molecule has 0 rings (SSSR count). The molecule has 0 aliphatic rings. The number of ether oxygens (including phenoxy) is 4. The molecular weight excluding hydrogens is 1230 g/mol. The molecule has 0 saturated heterocycles. The fourth-order valence-electron chi connectivity index (χ4n) is 11.6. The molecule has 19 heteroatoms. The van der Waals surface area contributed by atoms with Crippen LogP contribution in [0.2, 0.25) is 0 Å². The van der Waals surface area contributed by atoms with Gasteiger partial charge in [0.25, 0.3) is 0 Å². The van der Waals surface area contributed by atoms with Crippen molar-refractivity contribution in [1.29, 1.82) is 0 Å². The van der Waals surface area contributed by atoms with E-state index in [1.165, 1.54) is 225 Å². The average molecular weight is 1380 g/mol. The summed E-state index contributed by atoms with van der Waals surface area (Å²) >= 11 is 0. The lowest BCUT2D eigenvalue weighted by atomic mass is 10.0. The first-order valence-corrected chi connectivity index (χ1v) is 42.3. The van der Waals surface area contributed by atoms with Gasteiger partial charge in [-0.15, -0.1) is 0 Å². The number of unbranched alkanes of at least 4 members (excludes halogenated alkanes) is 50. The molecule has 5 atom stereocenters. The fourth-order valence-corrected chi connectivity index (χ4v) is 13.2. The molecule has 0 aromatic rings. The van der Waals surface area contributed by atoms with Crippen LogP contribution in [0.5, 0.6) is 0 Å². The normalized spacial score (nSPS) is 13.9. The van der Waals surface area contributed by atoms with Crippen LogP contribution in [0, 0.1) is 0 Å². The number of carbonyl (C=O) groups is 4. The van der Waals surface area contributed by atoms with Gasteiger partial charge in [0.15, 0.2) is 12.2 Å². The van der Waals surface area contributed by atoms with Crippen molar-refractivity contribution in [2.45, 2.75) is 418 Å². The number of carbonyl (C=O) groups excluding carboxylic acids is 4. The third kappa shape index (κ3) is 68.6. The molecule has 0 aliphatic heterocycles. The molecule has 0 amide bonds. The Labute approximate surface area is 575 Å². The Morgan fingerprint density at radius 3 is 0.628 bits per heavy atom. The molecule has 0 aromatic heterocycles. The number of esters is 4. The highest BCUT2D eigenvalue weighted by Crippen LogP contribution is 2.45. The van der Waals surface area contributed by atoms with Gasteiger partial charge < -0.3 is 33.8 Å². The monoisotopic (exact) mass is 1380 g/mol. The third-order valence-electron chi connectivity index (χ3n) is 17.6. The zero-order chi connectivity index (χ0) is 69.0. The molecule has 17 nitrogen and oxygen atoms in total. The van der Waals surface area contributed by atoms with Gasteiger partial charge >= 0.3 is 39.5 Å². The minimum atomic E-state index is -4.95. The van der Waals surface area contributed by atoms with Gasteiger partial charge in [0.1, 0.15) is 19.3 Å². The lowest BCUT2D eigenvalue weighted by Gasteiger charge is -2.21. The lowest BCUT2D eigenvalue weighted by molar-refractivity contribution is -0.161. The van der Waals surface area contributed by atoms with Gasteiger partial charge in [-0.25, -0.2) is 9.13 Å². The van der Waals surface area contributed by atoms with Crippen molar-refractivity contribution in [2.24, 2.45) is 0 Å². The Bertz CT molecular complexity index is 1790. The predicted molar refractivity (Wildman–Crippen MR) is 382 cm³/mol. The minimum absolute atomic E-state index is 0.107. The van der Waals surface area contributed by atoms with Crippen LogP contribution < -0.4 is 0 Å². The van der Waals surface area contributed by atoms with Crippen molar-refractivity contribution in [3.63, 3.8) is 0 Å². The second-order valence-electron chi connectivity index (χ2n) is 27.0. The van der Waals surface area contributed by atoms with E-state index in [0.717, 1.165) is 96.3 Å². The quantitative estimate of drug-likeness (QED) is 0.0222. The number of aliphatic hydroxyl groups excluding tert-OH is 1. The molecule has 0 heterocycles.